The molecule has 0 aromatic rings. The average molecular weight is 185 g/mol. The van der Waals surface area contributed by atoms with E-state index in [-0.39, 0.29) is 0 Å². The van der Waals surface area contributed by atoms with Crippen LogP contribution in [0.1, 0.15) is 60.3 Å². The highest BCUT2D eigenvalue weighted by Gasteiger charge is 2.31. The second-order valence-electron chi connectivity index (χ2n) is 5.14. The van der Waals surface area contributed by atoms with Gasteiger partial charge in [0.2, 0.25) is 0 Å². The maximum atomic E-state index is 5.87. The third-order valence-corrected chi connectivity index (χ3v) is 3.09. The lowest BCUT2D eigenvalue weighted by molar-refractivity contribution is 0.138. The molecule has 1 fully saturated rings. The van der Waals surface area contributed by atoms with Crippen molar-refractivity contribution in [2.45, 2.75) is 66.3 Å². The molecule has 1 aliphatic carbocycles. The monoisotopic (exact) mass is 185 g/mol. The zero-order chi connectivity index (χ0) is 10.5. The highest BCUT2D eigenvalue weighted by Crippen LogP contribution is 2.39. The zero-order valence-corrected chi connectivity index (χ0v) is 10.1. The summed E-state index contributed by atoms with van der Waals surface area (Å²) in [7, 11) is 0. The van der Waals surface area contributed by atoms with Crippen LogP contribution in [0.5, 0.6) is 0 Å². The Morgan fingerprint density at radius 3 is 2.00 bits per heavy atom. The van der Waals surface area contributed by atoms with Crippen molar-refractivity contribution in [1.82, 2.24) is 0 Å². The summed E-state index contributed by atoms with van der Waals surface area (Å²) in [6, 6.07) is 0.464. The molecule has 1 aliphatic rings. The number of hydrogen-bond donors (Lipinski definition) is 1. The van der Waals surface area contributed by atoms with Gasteiger partial charge in [0.15, 0.2) is 0 Å². The van der Waals surface area contributed by atoms with E-state index in [0.29, 0.717) is 11.5 Å². The average Bonchev–Trinajstić information content (AvgIpc) is 1.98. The first-order chi connectivity index (χ1) is 5.94. The van der Waals surface area contributed by atoms with Gasteiger partial charge in [-0.2, -0.15) is 0 Å². The number of rotatable bonds is 0. The van der Waals surface area contributed by atoms with Crippen LogP contribution in [0.3, 0.4) is 0 Å². The maximum absolute atomic E-state index is 5.87. The lowest BCUT2D eigenvalue weighted by Crippen LogP contribution is -2.37. The minimum Gasteiger partial charge on any atom is -0.328 e. The molecule has 0 amide bonds. The molecule has 0 spiro atoms. The summed E-state index contributed by atoms with van der Waals surface area (Å²) >= 11 is 0. The zero-order valence-electron chi connectivity index (χ0n) is 10.1. The van der Waals surface area contributed by atoms with Crippen LogP contribution in [0.2, 0.25) is 0 Å². The summed E-state index contributed by atoms with van der Waals surface area (Å²) < 4.78 is 0. The minimum absolute atomic E-state index is 0.464. The molecule has 0 heterocycles. The first kappa shape index (κ1) is 13.0. The molecule has 1 rings (SSSR count). The van der Waals surface area contributed by atoms with E-state index in [2.05, 4.69) is 34.6 Å². The molecule has 0 aromatic carbocycles. The Hall–Kier alpha value is -0.0400. The third kappa shape index (κ3) is 4.66. The minimum atomic E-state index is 0.464. The van der Waals surface area contributed by atoms with Gasteiger partial charge >= 0.3 is 0 Å². The van der Waals surface area contributed by atoms with Gasteiger partial charge in [-0.25, -0.2) is 0 Å². The van der Waals surface area contributed by atoms with Gasteiger partial charge in [0, 0.05) is 6.04 Å². The van der Waals surface area contributed by atoms with Crippen molar-refractivity contribution in [2.75, 3.05) is 0 Å². The summed E-state index contributed by atoms with van der Waals surface area (Å²) in [4.78, 5) is 0. The van der Waals surface area contributed by atoms with Gasteiger partial charge in [-0.15, -0.1) is 0 Å². The van der Waals surface area contributed by atoms with Gasteiger partial charge in [0.05, 0.1) is 0 Å². The van der Waals surface area contributed by atoms with E-state index in [1.54, 1.807) is 0 Å². The molecule has 13 heavy (non-hydrogen) atoms. The van der Waals surface area contributed by atoms with Gasteiger partial charge in [-0.05, 0) is 30.6 Å². The van der Waals surface area contributed by atoms with E-state index >= 15 is 0 Å². The van der Waals surface area contributed by atoms with Gasteiger partial charge in [0.1, 0.15) is 0 Å². The van der Waals surface area contributed by atoms with Crippen molar-refractivity contribution in [2.24, 2.45) is 17.1 Å². The molecule has 0 bridgehead atoms. The van der Waals surface area contributed by atoms with Crippen LogP contribution < -0.4 is 5.73 Å². The SMILES string of the molecule is CC1CCC(N)CC1(C)C.CCC. The molecule has 80 valence electrons. The Morgan fingerprint density at radius 2 is 1.69 bits per heavy atom. The maximum Gasteiger partial charge on any atom is 0.00441 e. The quantitative estimate of drug-likeness (QED) is 0.613. The van der Waals surface area contributed by atoms with Crippen LogP contribution in [0.15, 0.2) is 0 Å². The molecule has 2 unspecified atom stereocenters. The van der Waals surface area contributed by atoms with Crippen LogP contribution in [0.4, 0.5) is 0 Å². The summed E-state index contributed by atoms with van der Waals surface area (Å²) in [6.45, 7) is 11.2. The van der Waals surface area contributed by atoms with Crippen LogP contribution in [0.25, 0.3) is 0 Å². The summed E-state index contributed by atoms with van der Waals surface area (Å²) in [5, 5.41) is 0. The highest BCUT2D eigenvalue weighted by molar-refractivity contribution is 4.85. The molecular formula is C12H27N. The molecule has 1 heteroatoms. The van der Waals surface area contributed by atoms with E-state index in [1.807, 2.05) is 0 Å². The highest BCUT2D eigenvalue weighted by atomic mass is 14.7. The Bertz CT molecular complexity index is 129. The summed E-state index contributed by atoms with van der Waals surface area (Å²) in [6.07, 6.45) is 4.99. The molecular weight excluding hydrogens is 158 g/mol. The van der Waals surface area contributed by atoms with Crippen molar-refractivity contribution in [3.8, 4) is 0 Å². The number of nitrogens with two attached hydrogens (primary N) is 1. The van der Waals surface area contributed by atoms with Crippen molar-refractivity contribution < 1.29 is 0 Å². The van der Waals surface area contributed by atoms with Crippen LogP contribution in [-0.4, -0.2) is 6.04 Å². The molecule has 0 saturated heterocycles. The van der Waals surface area contributed by atoms with E-state index in [1.165, 1.54) is 25.7 Å². The van der Waals surface area contributed by atoms with Crippen LogP contribution >= 0.6 is 0 Å². The number of hydrogen-bond acceptors (Lipinski definition) is 1. The molecule has 0 aliphatic heterocycles. The molecule has 2 atom stereocenters. The van der Waals surface area contributed by atoms with Crippen molar-refractivity contribution >= 4 is 0 Å². The fourth-order valence-corrected chi connectivity index (χ4v) is 1.83. The van der Waals surface area contributed by atoms with Gasteiger partial charge in [-0.1, -0.05) is 41.0 Å². The second kappa shape index (κ2) is 5.64. The molecule has 1 nitrogen and oxygen atoms in total. The summed E-state index contributed by atoms with van der Waals surface area (Å²) in [5.74, 6) is 0.854. The van der Waals surface area contributed by atoms with E-state index in [4.69, 9.17) is 5.73 Å². The molecule has 2 N–H and O–H groups in total. The van der Waals surface area contributed by atoms with Crippen LogP contribution in [-0.2, 0) is 0 Å². The van der Waals surface area contributed by atoms with E-state index < -0.39 is 0 Å². The van der Waals surface area contributed by atoms with Crippen molar-refractivity contribution in [1.29, 1.82) is 0 Å². The van der Waals surface area contributed by atoms with E-state index in [9.17, 15) is 0 Å². The van der Waals surface area contributed by atoms with Gasteiger partial charge in [-0.3, -0.25) is 0 Å². The molecule has 1 saturated carbocycles. The first-order valence-corrected chi connectivity index (χ1v) is 5.69. The Labute approximate surface area is 84.1 Å². The molecule has 0 radical (unpaired) electrons. The smallest absolute Gasteiger partial charge is 0.00441 e. The van der Waals surface area contributed by atoms with Gasteiger partial charge in [0.25, 0.3) is 0 Å². The predicted molar refractivity (Wildman–Crippen MR) is 60.7 cm³/mol. The van der Waals surface area contributed by atoms with Crippen molar-refractivity contribution in [3.63, 3.8) is 0 Å². The fourth-order valence-electron chi connectivity index (χ4n) is 1.83. The molecule has 0 aromatic heterocycles. The Morgan fingerprint density at radius 1 is 1.23 bits per heavy atom. The lowest BCUT2D eigenvalue weighted by atomic mass is 9.68. The first-order valence-electron chi connectivity index (χ1n) is 5.69. The lowest BCUT2D eigenvalue weighted by Gasteiger charge is -2.39. The topological polar surface area (TPSA) is 26.0 Å². The standard InChI is InChI=1S/C9H19N.C3H8/c1-7-4-5-8(10)6-9(7,2)3;1-3-2/h7-8H,4-6,10H2,1-3H3;3H2,1-2H3. The van der Waals surface area contributed by atoms with E-state index in [0.717, 1.165) is 5.92 Å². The van der Waals surface area contributed by atoms with Gasteiger partial charge < -0.3 is 5.73 Å². The summed E-state index contributed by atoms with van der Waals surface area (Å²) in [5.41, 5.74) is 6.36. The fraction of sp³-hybridized carbons (Fsp3) is 1.00. The predicted octanol–water partition coefficient (Wildman–Crippen LogP) is 3.58. The second-order valence-corrected chi connectivity index (χ2v) is 5.14. The largest absolute Gasteiger partial charge is 0.328 e. The Kier molecular flexibility index (Phi) is 5.62. The Balaban J connectivity index is 0.000000424. The van der Waals surface area contributed by atoms with Crippen LogP contribution in [0, 0.1) is 11.3 Å². The third-order valence-electron chi connectivity index (χ3n) is 3.09. The van der Waals surface area contributed by atoms with Crippen molar-refractivity contribution in [3.05, 3.63) is 0 Å². The normalized spacial score (nSPS) is 31.8.